The van der Waals surface area contributed by atoms with Crippen LogP contribution in [0.4, 0.5) is 5.82 Å². The Morgan fingerprint density at radius 2 is 2.42 bits per heavy atom. The molecule has 0 bridgehead atoms. The number of hydrogen-bond acceptors (Lipinski definition) is 3. The van der Waals surface area contributed by atoms with Gasteiger partial charge in [-0.15, -0.1) is 0 Å². The summed E-state index contributed by atoms with van der Waals surface area (Å²) in [7, 11) is 1.82. The summed E-state index contributed by atoms with van der Waals surface area (Å²) in [4.78, 5) is 16.1. The number of aromatic nitrogens is 1. The van der Waals surface area contributed by atoms with Gasteiger partial charge in [-0.2, -0.15) is 0 Å². The van der Waals surface area contributed by atoms with Crippen molar-refractivity contribution < 1.29 is 4.79 Å². The lowest BCUT2D eigenvalue weighted by molar-refractivity contribution is -0.106. The molecule has 0 aliphatic heterocycles. The number of aldehydes is 1. The average Bonchev–Trinajstić information content (AvgIpc) is 2.06. The lowest BCUT2D eigenvalue weighted by Crippen LogP contribution is -2.20. The number of likely N-dealkylation sites (N-methyl/N-ethyl adjacent to an activating group) is 1. The average molecular weight is 229 g/mol. The molecular weight excluding hydrogens is 220 g/mol. The van der Waals surface area contributed by atoms with Crippen molar-refractivity contribution in [3.8, 4) is 0 Å². The second kappa shape index (κ2) is 4.21. The monoisotopic (exact) mass is 228 g/mol. The maximum atomic E-state index is 10.2. The Labute approximate surface area is 79.5 Å². The molecule has 0 radical (unpaired) electrons. The van der Waals surface area contributed by atoms with E-state index >= 15 is 0 Å². The van der Waals surface area contributed by atoms with Gasteiger partial charge in [0.05, 0.1) is 6.54 Å². The molecule has 0 aromatic carbocycles. The predicted octanol–water partition coefficient (Wildman–Crippen LogP) is 1.48. The fraction of sp³-hybridized carbons (Fsp3) is 0.250. The molecule has 0 aliphatic rings. The van der Waals surface area contributed by atoms with Crippen molar-refractivity contribution in [2.45, 2.75) is 0 Å². The minimum atomic E-state index is 0.370. The van der Waals surface area contributed by atoms with E-state index in [-0.39, 0.29) is 0 Å². The van der Waals surface area contributed by atoms with E-state index in [0.717, 1.165) is 16.6 Å². The largest absolute Gasteiger partial charge is 0.353 e. The summed E-state index contributed by atoms with van der Waals surface area (Å²) in [5, 5.41) is 0. The van der Waals surface area contributed by atoms with Gasteiger partial charge in [0.1, 0.15) is 12.1 Å². The summed E-state index contributed by atoms with van der Waals surface area (Å²) in [5.41, 5.74) is 0. The molecule has 0 atom stereocenters. The van der Waals surface area contributed by atoms with Crippen LogP contribution >= 0.6 is 15.9 Å². The van der Waals surface area contributed by atoms with Gasteiger partial charge >= 0.3 is 0 Å². The van der Waals surface area contributed by atoms with Gasteiger partial charge in [-0.25, -0.2) is 4.98 Å². The minimum Gasteiger partial charge on any atom is -0.353 e. The normalized spacial score (nSPS) is 9.50. The van der Waals surface area contributed by atoms with Crippen molar-refractivity contribution >= 4 is 28.0 Å². The number of hydrogen-bond donors (Lipinski definition) is 0. The number of pyridine rings is 1. The summed E-state index contributed by atoms with van der Waals surface area (Å²) in [6.07, 6.45) is 2.56. The standard InChI is InChI=1S/C8H9BrN2O/c1-11(4-5-12)8-3-2-7(9)6-10-8/h2-3,5-6H,4H2,1H3. The summed E-state index contributed by atoms with van der Waals surface area (Å²) < 4.78 is 0.936. The minimum absolute atomic E-state index is 0.370. The highest BCUT2D eigenvalue weighted by Crippen LogP contribution is 2.12. The number of halogens is 1. The van der Waals surface area contributed by atoms with Crippen LogP contribution in [0, 0.1) is 0 Å². The van der Waals surface area contributed by atoms with Crippen LogP contribution in [0.15, 0.2) is 22.8 Å². The Morgan fingerprint density at radius 3 is 2.92 bits per heavy atom. The van der Waals surface area contributed by atoms with Crippen LogP contribution in [0.25, 0.3) is 0 Å². The molecule has 12 heavy (non-hydrogen) atoms. The van der Waals surface area contributed by atoms with Crippen molar-refractivity contribution in [2.75, 3.05) is 18.5 Å². The first-order valence-electron chi connectivity index (χ1n) is 3.50. The van der Waals surface area contributed by atoms with Crippen LogP contribution in [0.2, 0.25) is 0 Å². The summed E-state index contributed by atoms with van der Waals surface area (Å²) in [6.45, 7) is 0.370. The Morgan fingerprint density at radius 1 is 1.67 bits per heavy atom. The number of rotatable bonds is 3. The van der Waals surface area contributed by atoms with Gasteiger partial charge in [0.15, 0.2) is 0 Å². The Balaban J connectivity index is 2.74. The van der Waals surface area contributed by atoms with Crippen LogP contribution in [0.1, 0.15) is 0 Å². The molecule has 0 saturated carbocycles. The Hall–Kier alpha value is -0.900. The van der Waals surface area contributed by atoms with Gasteiger partial charge in [-0.05, 0) is 28.1 Å². The zero-order chi connectivity index (χ0) is 8.97. The maximum Gasteiger partial charge on any atom is 0.139 e. The highest BCUT2D eigenvalue weighted by Gasteiger charge is 1.99. The van der Waals surface area contributed by atoms with E-state index in [1.54, 1.807) is 11.1 Å². The molecule has 0 fully saturated rings. The summed E-state index contributed by atoms with van der Waals surface area (Å²) >= 11 is 3.28. The topological polar surface area (TPSA) is 33.2 Å². The maximum absolute atomic E-state index is 10.2. The van der Waals surface area contributed by atoms with Crippen LogP contribution in [0.3, 0.4) is 0 Å². The fourth-order valence-corrected chi connectivity index (χ4v) is 1.03. The molecule has 64 valence electrons. The smallest absolute Gasteiger partial charge is 0.139 e. The predicted molar refractivity (Wildman–Crippen MR) is 51.3 cm³/mol. The fourth-order valence-electron chi connectivity index (χ4n) is 0.799. The van der Waals surface area contributed by atoms with Gasteiger partial charge in [0, 0.05) is 17.7 Å². The first kappa shape index (κ1) is 9.19. The second-order valence-electron chi connectivity index (χ2n) is 2.38. The molecule has 0 unspecified atom stereocenters. The number of carbonyl (C=O) groups is 1. The van der Waals surface area contributed by atoms with Crippen molar-refractivity contribution in [1.29, 1.82) is 0 Å². The first-order chi connectivity index (χ1) is 5.74. The van der Waals surface area contributed by atoms with Crippen molar-refractivity contribution in [2.24, 2.45) is 0 Å². The highest BCUT2D eigenvalue weighted by atomic mass is 79.9. The quantitative estimate of drug-likeness (QED) is 0.736. The summed E-state index contributed by atoms with van der Waals surface area (Å²) in [6, 6.07) is 3.75. The van der Waals surface area contributed by atoms with Gasteiger partial charge in [-0.1, -0.05) is 0 Å². The number of carbonyl (C=O) groups excluding carboxylic acids is 1. The SMILES string of the molecule is CN(CC=O)c1ccc(Br)cn1. The van der Waals surface area contributed by atoms with Crippen LogP contribution in [-0.4, -0.2) is 24.9 Å². The molecule has 1 aromatic heterocycles. The molecule has 0 aliphatic carbocycles. The van der Waals surface area contributed by atoms with Gasteiger partial charge in [0.25, 0.3) is 0 Å². The zero-order valence-electron chi connectivity index (χ0n) is 6.70. The van der Waals surface area contributed by atoms with E-state index in [4.69, 9.17) is 0 Å². The highest BCUT2D eigenvalue weighted by molar-refractivity contribution is 9.10. The van der Waals surface area contributed by atoms with E-state index in [1.807, 2.05) is 19.2 Å². The molecule has 1 rings (SSSR count). The number of anilines is 1. The van der Waals surface area contributed by atoms with Crippen molar-refractivity contribution in [1.82, 2.24) is 4.98 Å². The molecular formula is C8H9BrN2O. The van der Waals surface area contributed by atoms with Crippen LogP contribution in [-0.2, 0) is 4.79 Å². The third kappa shape index (κ3) is 2.30. The lowest BCUT2D eigenvalue weighted by Gasteiger charge is -2.13. The molecule has 1 heterocycles. The Kier molecular flexibility index (Phi) is 3.22. The van der Waals surface area contributed by atoms with E-state index in [0.29, 0.717) is 6.54 Å². The van der Waals surface area contributed by atoms with Gasteiger partial charge < -0.3 is 9.69 Å². The third-order valence-electron chi connectivity index (χ3n) is 1.45. The Bertz CT molecular complexity index is 260. The van der Waals surface area contributed by atoms with E-state index in [2.05, 4.69) is 20.9 Å². The first-order valence-corrected chi connectivity index (χ1v) is 4.29. The van der Waals surface area contributed by atoms with Crippen molar-refractivity contribution in [3.05, 3.63) is 22.8 Å². The lowest BCUT2D eigenvalue weighted by atomic mass is 10.4. The molecule has 0 N–H and O–H groups in total. The number of nitrogens with zero attached hydrogens (tertiary/aromatic N) is 2. The van der Waals surface area contributed by atoms with Crippen LogP contribution < -0.4 is 4.90 Å². The zero-order valence-corrected chi connectivity index (χ0v) is 8.28. The van der Waals surface area contributed by atoms with Gasteiger partial charge in [0.2, 0.25) is 0 Å². The van der Waals surface area contributed by atoms with E-state index in [1.165, 1.54) is 0 Å². The molecule has 0 spiro atoms. The van der Waals surface area contributed by atoms with Crippen LogP contribution in [0.5, 0.6) is 0 Å². The van der Waals surface area contributed by atoms with E-state index < -0.39 is 0 Å². The summed E-state index contributed by atoms with van der Waals surface area (Å²) in [5.74, 6) is 0.797. The van der Waals surface area contributed by atoms with Gasteiger partial charge in [-0.3, -0.25) is 0 Å². The van der Waals surface area contributed by atoms with E-state index in [9.17, 15) is 4.79 Å². The second-order valence-corrected chi connectivity index (χ2v) is 3.30. The molecule has 3 nitrogen and oxygen atoms in total. The molecule has 4 heteroatoms. The molecule has 1 aromatic rings. The molecule has 0 amide bonds. The molecule has 0 saturated heterocycles. The third-order valence-corrected chi connectivity index (χ3v) is 1.92. The van der Waals surface area contributed by atoms with Crippen molar-refractivity contribution in [3.63, 3.8) is 0 Å².